The lowest BCUT2D eigenvalue weighted by Gasteiger charge is -2.21. The van der Waals surface area contributed by atoms with Gasteiger partial charge in [0.15, 0.2) is 0 Å². The van der Waals surface area contributed by atoms with Gasteiger partial charge in [-0.1, -0.05) is 42.8 Å². The molecule has 24 heavy (non-hydrogen) atoms. The Bertz CT molecular complexity index is 857. The minimum Gasteiger partial charge on any atom is -0.506 e. The van der Waals surface area contributed by atoms with Gasteiger partial charge in [-0.25, -0.2) is 8.42 Å². The van der Waals surface area contributed by atoms with E-state index in [-0.39, 0.29) is 27.5 Å². The number of methoxy groups -OCH3 is 1. The number of ether oxygens (including phenoxy) is 1. The van der Waals surface area contributed by atoms with Crippen LogP contribution in [0.25, 0.3) is 0 Å². The molecule has 2 N–H and O–H groups in total. The second kappa shape index (κ2) is 6.64. The average molecular weight is 414 g/mol. The Morgan fingerprint density at radius 1 is 1.12 bits per heavy atom. The highest BCUT2D eigenvalue weighted by atomic mass is 79.9. The van der Waals surface area contributed by atoms with Crippen LogP contribution in [0.5, 0.6) is 11.5 Å². The van der Waals surface area contributed by atoms with Gasteiger partial charge >= 0.3 is 0 Å². The summed E-state index contributed by atoms with van der Waals surface area (Å²) in [6.07, 6.45) is 0. The van der Waals surface area contributed by atoms with Gasteiger partial charge in [-0.3, -0.25) is 4.72 Å². The fourth-order valence-corrected chi connectivity index (χ4v) is 3.92. The monoisotopic (exact) mass is 413 g/mol. The Morgan fingerprint density at radius 3 is 2.38 bits per heavy atom. The van der Waals surface area contributed by atoms with Crippen LogP contribution in [-0.4, -0.2) is 20.6 Å². The normalized spacial score (nSPS) is 12.0. The molecule has 0 saturated carbocycles. The number of hydrogen-bond donors (Lipinski definition) is 2. The number of rotatable bonds is 4. The van der Waals surface area contributed by atoms with Gasteiger partial charge < -0.3 is 9.84 Å². The maximum atomic E-state index is 12.7. The summed E-state index contributed by atoms with van der Waals surface area (Å²) in [7, 11) is -2.53. The van der Waals surface area contributed by atoms with E-state index in [0.717, 1.165) is 5.56 Å². The molecule has 0 aliphatic carbocycles. The molecule has 0 radical (unpaired) electrons. The minimum atomic E-state index is -3.93. The van der Waals surface area contributed by atoms with Crippen LogP contribution in [0, 0.1) is 0 Å². The van der Waals surface area contributed by atoms with Gasteiger partial charge in [-0.2, -0.15) is 0 Å². The van der Waals surface area contributed by atoms with E-state index in [4.69, 9.17) is 4.74 Å². The number of aromatic hydroxyl groups is 1. The maximum Gasteiger partial charge on any atom is 0.265 e. The van der Waals surface area contributed by atoms with Crippen molar-refractivity contribution in [3.63, 3.8) is 0 Å². The summed E-state index contributed by atoms with van der Waals surface area (Å²) in [5, 5.41) is 10.0. The third-order valence-electron chi connectivity index (χ3n) is 3.52. The van der Waals surface area contributed by atoms with E-state index in [9.17, 15) is 13.5 Å². The summed E-state index contributed by atoms with van der Waals surface area (Å²) < 4.78 is 33.6. The molecule has 0 heterocycles. The Morgan fingerprint density at radius 2 is 1.79 bits per heavy atom. The zero-order valence-corrected chi connectivity index (χ0v) is 16.3. The van der Waals surface area contributed by atoms with Crippen LogP contribution >= 0.6 is 15.9 Å². The number of hydrogen-bond acceptors (Lipinski definition) is 4. The van der Waals surface area contributed by atoms with Gasteiger partial charge in [0, 0.05) is 4.47 Å². The lowest BCUT2D eigenvalue weighted by atomic mass is 9.87. The summed E-state index contributed by atoms with van der Waals surface area (Å²) in [5.41, 5.74) is 0.852. The van der Waals surface area contributed by atoms with Gasteiger partial charge in [0.2, 0.25) is 0 Å². The standard InChI is InChI=1S/C17H20BrNO4S/c1-17(2,3)11-5-7-14(20)13(9-11)19-24(21,22)16-10-12(18)6-8-15(16)23-4/h5-10,19-20H,1-4H3. The number of benzene rings is 2. The molecule has 0 spiro atoms. The van der Waals surface area contributed by atoms with Crippen LogP contribution in [0.3, 0.4) is 0 Å². The smallest absolute Gasteiger partial charge is 0.265 e. The van der Waals surface area contributed by atoms with Gasteiger partial charge in [-0.05, 0) is 41.3 Å². The molecule has 0 unspecified atom stereocenters. The average Bonchev–Trinajstić information content (AvgIpc) is 2.48. The fourth-order valence-electron chi connectivity index (χ4n) is 2.14. The quantitative estimate of drug-likeness (QED) is 0.733. The molecule has 0 atom stereocenters. The molecule has 7 heteroatoms. The van der Waals surface area contributed by atoms with Gasteiger partial charge in [0.1, 0.15) is 16.4 Å². The van der Waals surface area contributed by atoms with Crippen LogP contribution in [-0.2, 0) is 15.4 Å². The van der Waals surface area contributed by atoms with E-state index in [2.05, 4.69) is 20.7 Å². The van der Waals surface area contributed by atoms with Crippen LogP contribution < -0.4 is 9.46 Å². The third-order valence-corrected chi connectivity index (χ3v) is 5.40. The van der Waals surface area contributed by atoms with Crippen molar-refractivity contribution in [3.05, 3.63) is 46.4 Å². The summed E-state index contributed by atoms with van der Waals surface area (Å²) in [6.45, 7) is 6.03. The van der Waals surface area contributed by atoms with Crippen molar-refractivity contribution in [1.29, 1.82) is 0 Å². The number of sulfonamides is 1. The number of phenolic OH excluding ortho intramolecular Hbond substituents is 1. The number of halogens is 1. The number of phenols is 1. The van der Waals surface area contributed by atoms with Crippen LogP contribution in [0.15, 0.2) is 45.8 Å². The lowest BCUT2D eigenvalue weighted by Crippen LogP contribution is -2.16. The Balaban J connectivity index is 2.49. The summed E-state index contributed by atoms with van der Waals surface area (Å²) in [6, 6.07) is 9.59. The topological polar surface area (TPSA) is 75.6 Å². The first-order valence-corrected chi connectivity index (χ1v) is 9.52. The van der Waals surface area contributed by atoms with Crippen LogP contribution in [0.4, 0.5) is 5.69 Å². The SMILES string of the molecule is COc1ccc(Br)cc1S(=O)(=O)Nc1cc(C(C)(C)C)ccc1O. The summed E-state index contributed by atoms with van der Waals surface area (Å²) in [5.74, 6) is 0.0812. The Labute approximate surface area is 150 Å². The van der Waals surface area contributed by atoms with Crippen molar-refractivity contribution >= 4 is 31.6 Å². The number of anilines is 1. The molecule has 0 saturated heterocycles. The van der Waals surface area contributed by atoms with Gasteiger partial charge in [0.05, 0.1) is 12.8 Å². The van der Waals surface area contributed by atoms with Gasteiger partial charge in [0.25, 0.3) is 10.0 Å². The molecule has 0 aliphatic rings. The largest absolute Gasteiger partial charge is 0.506 e. The van der Waals surface area contributed by atoms with Gasteiger partial charge in [-0.15, -0.1) is 0 Å². The molecule has 0 fully saturated rings. The second-order valence-corrected chi connectivity index (χ2v) is 8.95. The molecule has 2 rings (SSSR count). The van der Waals surface area contributed by atoms with E-state index < -0.39 is 10.0 Å². The second-order valence-electron chi connectivity index (χ2n) is 6.38. The van der Waals surface area contributed by atoms with Crippen molar-refractivity contribution in [3.8, 4) is 11.5 Å². The molecular weight excluding hydrogens is 394 g/mol. The minimum absolute atomic E-state index is 0.0139. The predicted molar refractivity (Wildman–Crippen MR) is 98.3 cm³/mol. The van der Waals surface area contributed by atoms with Crippen molar-refractivity contribution in [2.45, 2.75) is 31.1 Å². The van der Waals surface area contributed by atoms with E-state index in [0.29, 0.717) is 4.47 Å². The van der Waals surface area contributed by atoms with E-state index in [1.807, 2.05) is 20.8 Å². The van der Waals surface area contributed by atoms with Crippen LogP contribution in [0.1, 0.15) is 26.3 Å². The van der Waals surface area contributed by atoms with Crippen LogP contribution in [0.2, 0.25) is 0 Å². The molecule has 0 aromatic heterocycles. The third kappa shape index (κ3) is 4.02. The molecule has 2 aromatic carbocycles. The highest BCUT2D eigenvalue weighted by Gasteiger charge is 2.23. The van der Waals surface area contributed by atoms with E-state index in [1.54, 1.807) is 24.3 Å². The fraction of sp³-hybridized carbons (Fsp3) is 0.294. The zero-order valence-electron chi connectivity index (χ0n) is 13.9. The van der Waals surface area contributed by atoms with Crippen molar-refractivity contribution in [2.75, 3.05) is 11.8 Å². The Hall–Kier alpha value is -1.73. The number of nitrogens with one attached hydrogen (secondary N) is 1. The molecule has 130 valence electrons. The molecule has 0 aliphatic heterocycles. The van der Waals surface area contributed by atoms with Crippen molar-refractivity contribution in [2.24, 2.45) is 0 Å². The first-order chi connectivity index (χ1) is 11.0. The zero-order chi connectivity index (χ0) is 18.1. The molecular formula is C17H20BrNO4S. The van der Waals surface area contributed by atoms with Crippen molar-refractivity contribution in [1.82, 2.24) is 0 Å². The predicted octanol–water partition coefficient (Wildman–Crippen LogP) is 4.26. The molecule has 0 bridgehead atoms. The summed E-state index contributed by atoms with van der Waals surface area (Å²) in [4.78, 5) is -0.0139. The summed E-state index contributed by atoms with van der Waals surface area (Å²) >= 11 is 3.26. The Kier molecular flexibility index (Phi) is 5.15. The molecule has 5 nitrogen and oxygen atoms in total. The lowest BCUT2D eigenvalue weighted by molar-refractivity contribution is 0.402. The van der Waals surface area contributed by atoms with Crippen molar-refractivity contribution < 1.29 is 18.3 Å². The highest BCUT2D eigenvalue weighted by Crippen LogP contribution is 2.34. The van der Waals surface area contributed by atoms with E-state index >= 15 is 0 Å². The molecule has 2 aromatic rings. The molecule has 0 amide bonds. The maximum absolute atomic E-state index is 12.7. The first kappa shape index (κ1) is 18.6. The first-order valence-electron chi connectivity index (χ1n) is 7.24. The van der Waals surface area contributed by atoms with E-state index in [1.165, 1.54) is 19.2 Å². The highest BCUT2D eigenvalue weighted by molar-refractivity contribution is 9.10.